The molecule has 3 aromatic rings. The Labute approximate surface area is 148 Å². The van der Waals surface area contributed by atoms with Crippen LogP contribution in [0.1, 0.15) is 39.6 Å². The molecule has 2 aromatic heterocycles. The van der Waals surface area contributed by atoms with E-state index in [1.165, 1.54) is 0 Å². The number of carbonyl (C=O) groups excluding carboxylic acids is 1. The van der Waals surface area contributed by atoms with Crippen LogP contribution >= 0.6 is 0 Å². The zero-order chi connectivity index (χ0) is 18.1. The summed E-state index contributed by atoms with van der Waals surface area (Å²) < 4.78 is 16.3. The molecule has 8 nitrogen and oxygen atoms in total. The minimum Gasteiger partial charge on any atom is -0.442 e. The second-order valence-corrected chi connectivity index (χ2v) is 6.00. The van der Waals surface area contributed by atoms with Crippen LogP contribution in [-0.4, -0.2) is 34.6 Å². The zero-order valence-corrected chi connectivity index (χ0v) is 14.1. The fraction of sp³-hybridized carbons (Fsp3) is 0.278. The minimum absolute atomic E-state index is 0.0128. The smallest absolute Gasteiger partial charge is 0.292 e. The number of benzene rings is 1. The molecular weight excluding hydrogens is 338 g/mol. The first-order valence-electron chi connectivity index (χ1n) is 8.19. The molecule has 0 radical (unpaired) electrons. The number of fused-ring (bicyclic) bond motifs is 1. The number of nitrogens with zero attached hydrogens (tertiary/aromatic N) is 2. The molecule has 4 rings (SSSR count). The van der Waals surface area contributed by atoms with Gasteiger partial charge >= 0.3 is 0 Å². The zero-order valence-electron chi connectivity index (χ0n) is 14.1. The van der Waals surface area contributed by atoms with Gasteiger partial charge in [0.15, 0.2) is 6.10 Å². The van der Waals surface area contributed by atoms with Gasteiger partial charge in [-0.25, -0.2) is 4.98 Å². The molecule has 0 saturated heterocycles. The van der Waals surface area contributed by atoms with Crippen molar-refractivity contribution in [2.75, 3.05) is 13.7 Å². The Balaban J connectivity index is 1.57. The van der Waals surface area contributed by atoms with Crippen LogP contribution in [0.5, 0.6) is 0 Å². The molecule has 0 bridgehead atoms. The lowest BCUT2D eigenvalue weighted by atomic mass is 10.1. The quantitative estimate of drug-likeness (QED) is 0.767. The van der Waals surface area contributed by atoms with Gasteiger partial charge in [-0.2, -0.15) is 5.16 Å². The number of methoxy groups -OCH3 is 1. The van der Waals surface area contributed by atoms with Crippen molar-refractivity contribution in [3.63, 3.8) is 0 Å². The second-order valence-electron chi connectivity index (χ2n) is 6.00. The fourth-order valence-electron chi connectivity index (χ4n) is 3.06. The molecule has 1 aliphatic heterocycles. The van der Waals surface area contributed by atoms with Crippen LogP contribution in [0.25, 0.3) is 0 Å². The summed E-state index contributed by atoms with van der Waals surface area (Å²) in [4.78, 5) is 29.7. The average molecular weight is 355 g/mol. The van der Waals surface area contributed by atoms with E-state index in [0.717, 1.165) is 17.4 Å². The molecule has 26 heavy (non-hydrogen) atoms. The van der Waals surface area contributed by atoms with Crippen molar-refractivity contribution >= 4 is 5.91 Å². The third-order valence-corrected chi connectivity index (χ3v) is 4.33. The molecule has 0 spiro atoms. The highest BCUT2D eigenvalue weighted by Gasteiger charge is 2.30. The van der Waals surface area contributed by atoms with Crippen molar-refractivity contribution < 1.29 is 18.5 Å². The number of amides is 1. The predicted molar refractivity (Wildman–Crippen MR) is 89.6 cm³/mol. The molecule has 8 heteroatoms. The second kappa shape index (κ2) is 6.64. The first-order valence-corrected chi connectivity index (χ1v) is 8.19. The minimum atomic E-state index is -0.444. The first kappa shape index (κ1) is 16.3. The molecule has 1 aliphatic rings. The number of hydrogen-bond acceptors (Lipinski definition) is 6. The Morgan fingerprint density at radius 3 is 2.85 bits per heavy atom. The highest BCUT2D eigenvalue weighted by Crippen LogP contribution is 2.29. The molecule has 1 amide bonds. The number of aromatic nitrogens is 2. The number of oxazole rings is 1. The van der Waals surface area contributed by atoms with E-state index in [2.05, 4.69) is 10.1 Å². The maximum atomic E-state index is 12.4. The molecule has 3 heterocycles. The van der Waals surface area contributed by atoms with Crippen molar-refractivity contribution in [3.05, 3.63) is 75.4 Å². The van der Waals surface area contributed by atoms with Gasteiger partial charge in [-0.05, 0) is 5.56 Å². The van der Waals surface area contributed by atoms with Gasteiger partial charge in [0, 0.05) is 20.1 Å². The van der Waals surface area contributed by atoms with Crippen molar-refractivity contribution in [1.29, 1.82) is 0 Å². The van der Waals surface area contributed by atoms with Crippen LogP contribution in [0.4, 0.5) is 0 Å². The van der Waals surface area contributed by atoms with Crippen LogP contribution in [0, 0.1) is 0 Å². The van der Waals surface area contributed by atoms with E-state index >= 15 is 0 Å². The first-order chi connectivity index (χ1) is 12.7. The summed E-state index contributed by atoms with van der Waals surface area (Å²) in [6.07, 6.45) is 0.127. The number of carbonyl (C=O) groups is 1. The van der Waals surface area contributed by atoms with E-state index in [4.69, 9.17) is 13.7 Å². The molecule has 0 fully saturated rings. The van der Waals surface area contributed by atoms with Crippen molar-refractivity contribution in [3.8, 4) is 0 Å². The van der Waals surface area contributed by atoms with Crippen LogP contribution < -0.4 is 5.56 Å². The maximum Gasteiger partial charge on any atom is 0.292 e. The lowest BCUT2D eigenvalue weighted by Crippen LogP contribution is -2.35. The monoisotopic (exact) mass is 355 g/mol. The summed E-state index contributed by atoms with van der Waals surface area (Å²) in [5.41, 5.74) is 1.19. The summed E-state index contributed by atoms with van der Waals surface area (Å²) in [7, 11) is 1.60. The lowest BCUT2D eigenvalue weighted by molar-refractivity contribution is 0.0684. The van der Waals surface area contributed by atoms with Gasteiger partial charge in [0.1, 0.15) is 11.5 Å². The topological polar surface area (TPSA) is 102 Å². The van der Waals surface area contributed by atoms with Crippen molar-refractivity contribution in [2.24, 2.45) is 0 Å². The van der Waals surface area contributed by atoms with Crippen molar-refractivity contribution in [2.45, 2.75) is 19.1 Å². The SMILES string of the molecule is COC(c1ccccc1)c1nc2c(o1)CCN(C(=O)c1cc(=O)[nH]o1)C2. The summed E-state index contributed by atoms with van der Waals surface area (Å²) >= 11 is 0. The Hall–Kier alpha value is -3.13. The highest BCUT2D eigenvalue weighted by atomic mass is 16.5. The number of nitrogens with one attached hydrogen (secondary N) is 1. The van der Waals surface area contributed by atoms with Gasteiger partial charge in [-0.1, -0.05) is 30.3 Å². The van der Waals surface area contributed by atoms with Gasteiger partial charge in [0.25, 0.3) is 11.5 Å². The number of aromatic amines is 1. The van der Waals surface area contributed by atoms with Crippen LogP contribution in [0.15, 0.2) is 50.1 Å². The Bertz CT molecular complexity index is 972. The molecule has 1 N–H and O–H groups in total. The Kier molecular flexibility index (Phi) is 4.18. The van der Waals surface area contributed by atoms with E-state index in [0.29, 0.717) is 24.6 Å². The average Bonchev–Trinajstić information content (AvgIpc) is 3.28. The molecule has 134 valence electrons. The third-order valence-electron chi connectivity index (χ3n) is 4.33. The molecule has 1 atom stereocenters. The van der Waals surface area contributed by atoms with Gasteiger partial charge < -0.3 is 18.6 Å². The number of ether oxygens (including phenoxy) is 1. The number of hydrogen-bond donors (Lipinski definition) is 1. The van der Waals surface area contributed by atoms with Crippen LogP contribution in [-0.2, 0) is 17.7 Å². The summed E-state index contributed by atoms with van der Waals surface area (Å²) in [6.45, 7) is 0.746. The molecule has 0 aliphatic carbocycles. The lowest BCUT2D eigenvalue weighted by Gasteiger charge is -2.23. The highest BCUT2D eigenvalue weighted by molar-refractivity contribution is 5.91. The largest absolute Gasteiger partial charge is 0.442 e. The van der Waals surface area contributed by atoms with E-state index < -0.39 is 11.7 Å². The van der Waals surface area contributed by atoms with E-state index in [9.17, 15) is 9.59 Å². The van der Waals surface area contributed by atoms with E-state index in [1.807, 2.05) is 30.3 Å². The fourth-order valence-corrected chi connectivity index (χ4v) is 3.06. The van der Waals surface area contributed by atoms with Gasteiger partial charge in [-0.15, -0.1) is 0 Å². The van der Waals surface area contributed by atoms with Gasteiger partial charge in [0.05, 0.1) is 12.6 Å². The summed E-state index contributed by atoms with van der Waals surface area (Å²) in [6, 6.07) is 10.8. The Morgan fingerprint density at radius 1 is 1.35 bits per heavy atom. The van der Waals surface area contributed by atoms with Gasteiger partial charge in [0.2, 0.25) is 11.7 Å². The molecule has 1 unspecified atom stereocenters. The maximum absolute atomic E-state index is 12.4. The van der Waals surface area contributed by atoms with E-state index in [1.54, 1.807) is 12.0 Å². The van der Waals surface area contributed by atoms with Crippen molar-refractivity contribution in [1.82, 2.24) is 15.0 Å². The van der Waals surface area contributed by atoms with Gasteiger partial charge in [-0.3, -0.25) is 9.59 Å². The Morgan fingerprint density at radius 2 is 2.15 bits per heavy atom. The standard InChI is InChI=1S/C18H17N3O5/c1-24-16(11-5-3-2-4-6-11)17-19-12-10-21(8-7-13(12)25-17)18(23)14-9-15(22)20-26-14/h2-6,9,16H,7-8,10H2,1H3,(H,20,22). The summed E-state index contributed by atoms with van der Waals surface area (Å²) in [5, 5.41) is 2.12. The number of H-pyrrole nitrogens is 1. The molecule has 0 saturated carbocycles. The van der Waals surface area contributed by atoms with Crippen LogP contribution in [0.3, 0.4) is 0 Å². The van der Waals surface area contributed by atoms with Crippen LogP contribution in [0.2, 0.25) is 0 Å². The van der Waals surface area contributed by atoms with E-state index in [-0.39, 0.29) is 18.2 Å². The third kappa shape index (κ3) is 2.95. The predicted octanol–water partition coefficient (Wildman–Crippen LogP) is 1.89. The normalized spacial score (nSPS) is 14.9. The summed E-state index contributed by atoms with van der Waals surface area (Å²) in [5.74, 6) is 0.842. The molecular formula is C18H17N3O5. The number of rotatable bonds is 4. The molecule has 1 aromatic carbocycles.